The van der Waals surface area contributed by atoms with Crippen molar-refractivity contribution in [2.45, 2.75) is 18.9 Å². The summed E-state index contributed by atoms with van der Waals surface area (Å²) in [5, 5.41) is 3.22. The van der Waals surface area contributed by atoms with Gasteiger partial charge in [0.05, 0.1) is 10.2 Å². The Morgan fingerprint density at radius 1 is 1.50 bits per heavy atom. The van der Waals surface area contributed by atoms with Gasteiger partial charge in [-0.25, -0.2) is 9.97 Å². The molecule has 0 saturated carbocycles. The van der Waals surface area contributed by atoms with Crippen molar-refractivity contribution in [3.05, 3.63) is 17.3 Å². The zero-order valence-electron chi connectivity index (χ0n) is 9.24. The van der Waals surface area contributed by atoms with E-state index in [1.54, 1.807) is 29.4 Å². The van der Waals surface area contributed by atoms with E-state index < -0.39 is 0 Å². The van der Waals surface area contributed by atoms with E-state index in [0.717, 1.165) is 16.3 Å². The van der Waals surface area contributed by atoms with E-state index in [1.165, 1.54) is 10.3 Å². The molecule has 1 unspecified atom stereocenters. The summed E-state index contributed by atoms with van der Waals surface area (Å²) in [6.07, 6.45) is 1.65. The minimum absolute atomic E-state index is 0.512. The van der Waals surface area contributed by atoms with Crippen LogP contribution in [0.1, 0.15) is 12.5 Å². The fourth-order valence-electron chi connectivity index (χ4n) is 1.32. The fourth-order valence-corrected chi connectivity index (χ4v) is 3.67. The Balaban J connectivity index is 2.24. The fraction of sp³-hybridized carbons (Fsp3) is 0.455. The number of rotatable bonds is 4. The number of alkyl halides is 1. The van der Waals surface area contributed by atoms with Crippen molar-refractivity contribution in [2.75, 3.05) is 11.6 Å². The second-order valence-electron chi connectivity index (χ2n) is 3.85. The van der Waals surface area contributed by atoms with E-state index in [2.05, 4.69) is 29.2 Å². The van der Waals surface area contributed by atoms with Crippen LogP contribution < -0.4 is 0 Å². The molecule has 0 spiro atoms. The molecule has 2 aromatic rings. The summed E-state index contributed by atoms with van der Waals surface area (Å²) in [6.45, 7) is 4.24. The maximum absolute atomic E-state index is 5.80. The lowest BCUT2D eigenvalue weighted by atomic mass is 10.3. The minimum Gasteiger partial charge on any atom is -0.235 e. The summed E-state index contributed by atoms with van der Waals surface area (Å²) in [5.74, 6) is 2.22. The smallest absolute Gasteiger partial charge is 0.117 e. The van der Waals surface area contributed by atoms with E-state index in [4.69, 9.17) is 11.6 Å². The van der Waals surface area contributed by atoms with Crippen LogP contribution in [0.2, 0.25) is 0 Å². The Labute approximate surface area is 108 Å². The first kappa shape index (κ1) is 12.1. The van der Waals surface area contributed by atoms with Crippen LogP contribution in [0.15, 0.2) is 16.7 Å². The molecule has 0 N–H and O–H groups in total. The number of halogens is 1. The summed E-state index contributed by atoms with van der Waals surface area (Å²) in [7, 11) is 0. The molecule has 0 aliphatic carbocycles. The molecule has 86 valence electrons. The van der Waals surface area contributed by atoms with Crippen LogP contribution in [0.3, 0.4) is 0 Å². The van der Waals surface area contributed by atoms with Crippen LogP contribution in [0.4, 0.5) is 0 Å². The number of thiophene rings is 1. The minimum atomic E-state index is 0.512. The summed E-state index contributed by atoms with van der Waals surface area (Å²) >= 11 is 9.29. The molecule has 1 atom stereocenters. The van der Waals surface area contributed by atoms with Crippen LogP contribution in [0, 0.1) is 12.8 Å². The monoisotopic (exact) mass is 272 g/mol. The maximum atomic E-state index is 5.80. The Kier molecular flexibility index (Phi) is 4.05. The summed E-state index contributed by atoms with van der Waals surface area (Å²) in [5.41, 5.74) is 2.32. The van der Waals surface area contributed by atoms with Crippen molar-refractivity contribution in [1.29, 1.82) is 0 Å². The van der Waals surface area contributed by atoms with Crippen LogP contribution in [-0.4, -0.2) is 21.6 Å². The van der Waals surface area contributed by atoms with E-state index in [-0.39, 0.29) is 0 Å². The number of aryl methyl sites for hydroxylation is 1. The third kappa shape index (κ3) is 2.50. The molecule has 0 aromatic carbocycles. The standard InChI is InChI=1S/C11H13ClN2S2/c1-7(3-12)4-16-11-10-9(13-6-14-11)8(2)5-15-10/h5-7H,3-4H2,1-2H3. The summed E-state index contributed by atoms with van der Waals surface area (Å²) in [6, 6.07) is 0. The zero-order valence-corrected chi connectivity index (χ0v) is 11.6. The molecule has 2 heterocycles. The van der Waals surface area contributed by atoms with Gasteiger partial charge in [-0.05, 0) is 23.8 Å². The quantitative estimate of drug-likeness (QED) is 0.479. The molecule has 0 radical (unpaired) electrons. The second-order valence-corrected chi connectivity index (χ2v) is 6.04. The van der Waals surface area contributed by atoms with E-state index in [1.807, 2.05) is 0 Å². The topological polar surface area (TPSA) is 25.8 Å². The Hall–Kier alpha value is -0.320. The van der Waals surface area contributed by atoms with Gasteiger partial charge in [-0.2, -0.15) is 0 Å². The highest BCUT2D eigenvalue weighted by Gasteiger charge is 2.09. The van der Waals surface area contributed by atoms with Crippen molar-refractivity contribution < 1.29 is 0 Å². The first-order chi connectivity index (χ1) is 7.72. The van der Waals surface area contributed by atoms with Gasteiger partial charge in [0, 0.05) is 11.6 Å². The third-order valence-electron chi connectivity index (χ3n) is 2.27. The Morgan fingerprint density at radius 2 is 2.31 bits per heavy atom. The summed E-state index contributed by atoms with van der Waals surface area (Å²) < 4.78 is 1.20. The molecule has 0 amide bonds. The van der Waals surface area contributed by atoms with Gasteiger partial charge in [0.25, 0.3) is 0 Å². The molecule has 2 nitrogen and oxygen atoms in total. The van der Waals surface area contributed by atoms with Crippen LogP contribution in [0.5, 0.6) is 0 Å². The van der Waals surface area contributed by atoms with Crippen molar-refractivity contribution in [3.63, 3.8) is 0 Å². The van der Waals surface area contributed by atoms with Crippen molar-refractivity contribution in [1.82, 2.24) is 9.97 Å². The number of hydrogen-bond acceptors (Lipinski definition) is 4. The SMILES string of the molecule is Cc1csc2c(SCC(C)CCl)ncnc12. The van der Waals surface area contributed by atoms with Gasteiger partial charge in [0.1, 0.15) is 11.4 Å². The van der Waals surface area contributed by atoms with Gasteiger partial charge in [-0.1, -0.05) is 6.92 Å². The highest BCUT2D eigenvalue weighted by molar-refractivity contribution is 7.99. The van der Waals surface area contributed by atoms with E-state index >= 15 is 0 Å². The molecule has 5 heteroatoms. The molecule has 2 aromatic heterocycles. The molecule has 0 fully saturated rings. The normalized spacial score (nSPS) is 13.2. The first-order valence-corrected chi connectivity index (χ1v) is 7.50. The first-order valence-electron chi connectivity index (χ1n) is 5.10. The average Bonchev–Trinajstić information content (AvgIpc) is 2.69. The lowest BCUT2D eigenvalue weighted by Gasteiger charge is -2.06. The largest absolute Gasteiger partial charge is 0.235 e. The number of hydrogen-bond donors (Lipinski definition) is 0. The van der Waals surface area contributed by atoms with Gasteiger partial charge >= 0.3 is 0 Å². The van der Waals surface area contributed by atoms with Gasteiger partial charge < -0.3 is 0 Å². The lowest BCUT2D eigenvalue weighted by Crippen LogP contribution is -1.99. The van der Waals surface area contributed by atoms with Crippen molar-refractivity contribution in [3.8, 4) is 0 Å². The predicted molar refractivity (Wildman–Crippen MR) is 72.8 cm³/mol. The number of fused-ring (bicyclic) bond motifs is 1. The van der Waals surface area contributed by atoms with Crippen molar-refractivity contribution >= 4 is 44.9 Å². The Morgan fingerprint density at radius 3 is 3.06 bits per heavy atom. The van der Waals surface area contributed by atoms with E-state index in [0.29, 0.717) is 11.8 Å². The lowest BCUT2D eigenvalue weighted by molar-refractivity contribution is 0.758. The van der Waals surface area contributed by atoms with Gasteiger partial charge in [-0.15, -0.1) is 34.7 Å². The van der Waals surface area contributed by atoms with E-state index in [9.17, 15) is 0 Å². The molecular formula is C11H13ClN2S2. The van der Waals surface area contributed by atoms with Crippen LogP contribution in [-0.2, 0) is 0 Å². The average molecular weight is 273 g/mol. The maximum Gasteiger partial charge on any atom is 0.117 e. The molecular weight excluding hydrogens is 260 g/mol. The molecule has 16 heavy (non-hydrogen) atoms. The van der Waals surface area contributed by atoms with Crippen LogP contribution >= 0.6 is 34.7 Å². The highest BCUT2D eigenvalue weighted by atomic mass is 35.5. The highest BCUT2D eigenvalue weighted by Crippen LogP contribution is 2.32. The molecule has 0 bridgehead atoms. The van der Waals surface area contributed by atoms with Gasteiger partial charge in [0.2, 0.25) is 0 Å². The zero-order chi connectivity index (χ0) is 11.5. The number of aromatic nitrogens is 2. The van der Waals surface area contributed by atoms with Crippen LogP contribution in [0.25, 0.3) is 10.2 Å². The predicted octanol–water partition coefficient (Wildman–Crippen LogP) is 3.97. The molecule has 2 rings (SSSR count). The molecule has 0 saturated heterocycles. The van der Waals surface area contributed by atoms with Gasteiger partial charge in [0.15, 0.2) is 0 Å². The molecule has 0 aliphatic rings. The van der Waals surface area contributed by atoms with Crippen molar-refractivity contribution in [2.24, 2.45) is 5.92 Å². The molecule has 0 aliphatic heterocycles. The Bertz CT molecular complexity index is 484. The second kappa shape index (κ2) is 5.34. The number of thioether (sulfide) groups is 1. The third-order valence-corrected chi connectivity index (χ3v) is 5.33. The van der Waals surface area contributed by atoms with Gasteiger partial charge in [-0.3, -0.25) is 0 Å². The number of nitrogens with zero attached hydrogens (tertiary/aromatic N) is 2. The summed E-state index contributed by atoms with van der Waals surface area (Å²) in [4.78, 5) is 8.65.